The molecule has 72 valence electrons. The van der Waals surface area contributed by atoms with Gasteiger partial charge in [-0.1, -0.05) is 20.3 Å². The Morgan fingerprint density at radius 1 is 1.25 bits per heavy atom. The maximum Gasteiger partial charge on any atom is -0.00405 e. The fourth-order valence-electron chi connectivity index (χ4n) is 2.61. The van der Waals surface area contributed by atoms with Gasteiger partial charge in [0, 0.05) is 0 Å². The van der Waals surface area contributed by atoms with Crippen LogP contribution in [0.15, 0.2) is 0 Å². The Morgan fingerprint density at radius 3 is 2.17 bits per heavy atom. The zero-order valence-electron chi connectivity index (χ0n) is 8.14. The lowest BCUT2D eigenvalue weighted by atomic mass is 9.52. The third kappa shape index (κ3) is 1.95. The Morgan fingerprint density at radius 2 is 1.83 bits per heavy atom. The smallest absolute Gasteiger partial charge is 0.00405 e. The molecule has 0 aromatic carbocycles. The van der Waals surface area contributed by atoms with Gasteiger partial charge in [0.2, 0.25) is 0 Å². The first-order chi connectivity index (χ1) is 5.60. The molecule has 0 amide bonds. The fraction of sp³-hybridized carbons (Fsp3) is 1.00. The Balaban J connectivity index is 2.45. The molecule has 1 fully saturated rings. The predicted octanol–water partition coefficient (Wildman–Crippen LogP) is 3.43. The molecule has 0 radical (unpaired) electrons. The summed E-state index contributed by atoms with van der Waals surface area (Å²) in [7, 11) is 0. The first-order valence-corrected chi connectivity index (χ1v) is 6.08. The molecule has 0 aromatic heterocycles. The third-order valence-corrected chi connectivity index (χ3v) is 4.33. The van der Waals surface area contributed by atoms with Crippen molar-refractivity contribution in [2.45, 2.75) is 39.5 Å². The lowest BCUT2D eigenvalue weighted by molar-refractivity contribution is -0.0125. The third-order valence-electron chi connectivity index (χ3n) is 3.43. The molecule has 2 heteroatoms. The van der Waals surface area contributed by atoms with Gasteiger partial charge in [0.1, 0.15) is 0 Å². The normalized spacial score (nSPS) is 41.0. The van der Waals surface area contributed by atoms with Crippen LogP contribution in [-0.4, -0.2) is 11.5 Å². The molecular formula is C10H20S2. The molecule has 0 atom stereocenters. The average Bonchev–Trinajstić information content (AvgIpc) is 2.01. The Labute approximate surface area is 87.3 Å². The molecule has 0 N–H and O–H groups in total. The quantitative estimate of drug-likeness (QED) is 0.644. The van der Waals surface area contributed by atoms with E-state index < -0.39 is 0 Å². The summed E-state index contributed by atoms with van der Waals surface area (Å²) in [5, 5.41) is 0. The van der Waals surface area contributed by atoms with Crippen molar-refractivity contribution in [2.24, 2.45) is 10.8 Å². The van der Waals surface area contributed by atoms with E-state index in [0.29, 0.717) is 10.8 Å². The van der Waals surface area contributed by atoms with Crippen molar-refractivity contribution >= 4 is 25.3 Å². The van der Waals surface area contributed by atoms with Crippen LogP contribution in [-0.2, 0) is 0 Å². The number of hydrogen-bond donors (Lipinski definition) is 2. The van der Waals surface area contributed by atoms with E-state index in [1.54, 1.807) is 0 Å². The fourth-order valence-corrected chi connectivity index (χ4v) is 3.47. The van der Waals surface area contributed by atoms with Gasteiger partial charge < -0.3 is 0 Å². The van der Waals surface area contributed by atoms with Crippen LogP contribution in [0.4, 0.5) is 0 Å². The molecule has 1 aliphatic carbocycles. The Hall–Kier alpha value is 0.700. The maximum absolute atomic E-state index is 4.45. The van der Waals surface area contributed by atoms with Gasteiger partial charge in [-0.15, -0.1) is 0 Å². The van der Waals surface area contributed by atoms with E-state index in [2.05, 4.69) is 39.1 Å². The van der Waals surface area contributed by atoms with Gasteiger partial charge >= 0.3 is 0 Å². The van der Waals surface area contributed by atoms with Crippen molar-refractivity contribution in [1.29, 1.82) is 0 Å². The SMILES string of the molecule is CCC1(C)CC(CS)(CCS)C1. The minimum atomic E-state index is 0.537. The lowest BCUT2D eigenvalue weighted by Gasteiger charge is -2.54. The monoisotopic (exact) mass is 204 g/mol. The topological polar surface area (TPSA) is 0 Å². The van der Waals surface area contributed by atoms with E-state index in [-0.39, 0.29) is 0 Å². The van der Waals surface area contributed by atoms with Crippen LogP contribution in [0.1, 0.15) is 39.5 Å². The van der Waals surface area contributed by atoms with Gasteiger partial charge in [-0.3, -0.25) is 0 Å². The molecule has 0 heterocycles. The second-order valence-corrected chi connectivity index (χ2v) is 5.41. The molecule has 1 aliphatic rings. The zero-order valence-corrected chi connectivity index (χ0v) is 9.93. The van der Waals surface area contributed by atoms with Crippen molar-refractivity contribution in [1.82, 2.24) is 0 Å². The van der Waals surface area contributed by atoms with Gasteiger partial charge in [-0.05, 0) is 41.6 Å². The summed E-state index contributed by atoms with van der Waals surface area (Å²) in [5.74, 6) is 2.06. The highest BCUT2D eigenvalue weighted by Gasteiger charge is 2.48. The van der Waals surface area contributed by atoms with Gasteiger partial charge in [0.05, 0.1) is 0 Å². The molecule has 0 spiro atoms. The second-order valence-electron chi connectivity index (χ2n) is 4.65. The van der Waals surface area contributed by atoms with Crippen LogP contribution >= 0.6 is 25.3 Å². The van der Waals surface area contributed by atoms with Gasteiger partial charge in [0.25, 0.3) is 0 Å². The van der Waals surface area contributed by atoms with E-state index in [9.17, 15) is 0 Å². The predicted molar refractivity (Wildman–Crippen MR) is 62.4 cm³/mol. The summed E-state index contributed by atoms with van der Waals surface area (Å²) in [4.78, 5) is 0. The van der Waals surface area contributed by atoms with Gasteiger partial charge in [-0.25, -0.2) is 0 Å². The van der Waals surface area contributed by atoms with Crippen molar-refractivity contribution in [3.63, 3.8) is 0 Å². The van der Waals surface area contributed by atoms with Crippen LogP contribution in [0, 0.1) is 10.8 Å². The summed E-state index contributed by atoms with van der Waals surface area (Å²) in [6.45, 7) is 4.69. The van der Waals surface area contributed by atoms with Crippen LogP contribution < -0.4 is 0 Å². The average molecular weight is 204 g/mol. The number of thiol groups is 2. The number of hydrogen-bond acceptors (Lipinski definition) is 2. The Bertz CT molecular complexity index is 148. The molecule has 0 aliphatic heterocycles. The highest BCUT2D eigenvalue weighted by Crippen LogP contribution is 2.58. The minimum absolute atomic E-state index is 0.537. The summed E-state index contributed by atoms with van der Waals surface area (Å²) >= 11 is 8.76. The number of rotatable bonds is 4. The van der Waals surface area contributed by atoms with E-state index in [1.807, 2.05) is 0 Å². The first kappa shape index (κ1) is 10.8. The van der Waals surface area contributed by atoms with Crippen molar-refractivity contribution in [3.8, 4) is 0 Å². The van der Waals surface area contributed by atoms with Crippen molar-refractivity contribution in [2.75, 3.05) is 11.5 Å². The molecule has 0 saturated heterocycles. The zero-order chi connectivity index (χ0) is 9.24. The Kier molecular flexibility index (Phi) is 3.44. The summed E-state index contributed by atoms with van der Waals surface area (Å²) < 4.78 is 0. The molecule has 1 rings (SSSR count). The van der Waals surface area contributed by atoms with Crippen LogP contribution in [0.25, 0.3) is 0 Å². The standard InChI is InChI=1S/C10H20S2/c1-3-9(2)6-10(7-9,8-12)4-5-11/h11-12H,3-8H2,1-2H3. The van der Waals surface area contributed by atoms with Crippen LogP contribution in [0.5, 0.6) is 0 Å². The lowest BCUT2D eigenvalue weighted by Crippen LogP contribution is -2.46. The summed E-state index contributed by atoms with van der Waals surface area (Å²) in [5.41, 5.74) is 1.15. The van der Waals surface area contributed by atoms with E-state index in [1.165, 1.54) is 25.7 Å². The summed E-state index contributed by atoms with van der Waals surface area (Å²) in [6, 6.07) is 0. The van der Waals surface area contributed by atoms with Crippen molar-refractivity contribution in [3.05, 3.63) is 0 Å². The molecule has 0 bridgehead atoms. The molecule has 0 unspecified atom stereocenters. The molecule has 0 aromatic rings. The highest BCUT2D eigenvalue weighted by molar-refractivity contribution is 7.80. The van der Waals surface area contributed by atoms with Crippen LogP contribution in [0.2, 0.25) is 0 Å². The van der Waals surface area contributed by atoms with E-state index in [4.69, 9.17) is 0 Å². The maximum atomic E-state index is 4.45. The summed E-state index contributed by atoms with van der Waals surface area (Å²) in [6.07, 6.45) is 5.28. The van der Waals surface area contributed by atoms with E-state index >= 15 is 0 Å². The molecule has 1 saturated carbocycles. The minimum Gasteiger partial charge on any atom is -0.179 e. The largest absolute Gasteiger partial charge is 0.179 e. The van der Waals surface area contributed by atoms with Crippen molar-refractivity contribution < 1.29 is 0 Å². The molecule has 0 nitrogen and oxygen atoms in total. The second kappa shape index (κ2) is 3.83. The van der Waals surface area contributed by atoms with E-state index in [0.717, 1.165) is 11.5 Å². The highest BCUT2D eigenvalue weighted by atomic mass is 32.1. The first-order valence-electron chi connectivity index (χ1n) is 4.81. The molecule has 12 heavy (non-hydrogen) atoms. The van der Waals surface area contributed by atoms with Gasteiger partial charge in [0.15, 0.2) is 0 Å². The van der Waals surface area contributed by atoms with Gasteiger partial charge in [-0.2, -0.15) is 25.3 Å². The molecular weight excluding hydrogens is 184 g/mol. The van der Waals surface area contributed by atoms with Crippen LogP contribution in [0.3, 0.4) is 0 Å².